The van der Waals surface area contributed by atoms with Gasteiger partial charge in [-0.2, -0.15) is 0 Å². The highest BCUT2D eigenvalue weighted by Gasteiger charge is 2.67. The average Bonchev–Trinajstić information content (AvgIpc) is 2.76. The molecule has 5 aliphatic rings. The van der Waals surface area contributed by atoms with Gasteiger partial charge >= 0.3 is 17.9 Å². The van der Waals surface area contributed by atoms with Crippen LogP contribution in [0.1, 0.15) is 79.6 Å². The van der Waals surface area contributed by atoms with Gasteiger partial charge in [0.1, 0.15) is 0 Å². The molecule has 4 aliphatic carbocycles. The predicted octanol–water partition coefficient (Wildman–Crippen LogP) is 5.45. The summed E-state index contributed by atoms with van der Waals surface area (Å²) in [5.41, 5.74) is 1.98. The number of carbonyl (C=O) groups is 3. The van der Waals surface area contributed by atoms with Crippen molar-refractivity contribution in [2.75, 3.05) is 7.11 Å². The van der Waals surface area contributed by atoms with Gasteiger partial charge in [-0.25, -0.2) is 9.59 Å². The van der Waals surface area contributed by atoms with Crippen molar-refractivity contribution in [1.29, 1.82) is 0 Å². The van der Waals surface area contributed by atoms with E-state index in [0.717, 1.165) is 50.5 Å². The average molecular weight is 453 g/mol. The Morgan fingerprint density at radius 3 is 2.36 bits per heavy atom. The highest BCUT2D eigenvalue weighted by Crippen LogP contribution is 2.75. The first-order valence-electron chi connectivity index (χ1n) is 12.3. The summed E-state index contributed by atoms with van der Waals surface area (Å²) in [6.07, 6.45) is 12.4. The molecule has 0 amide bonds. The molecule has 0 aromatic rings. The van der Waals surface area contributed by atoms with Gasteiger partial charge in [-0.1, -0.05) is 39.3 Å². The van der Waals surface area contributed by atoms with Gasteiger partial charge in [0, 0.05) is 11.5 Å². The lowest BCUT2D eigenvalue weighted by Crippen LogP contribution is -2.62. The van der Waals surface area contributed by atoms with Gasteiger partial charge in [0.2, 0.25) is 0 Å². The number of allylic oxidation sites excluding steroid dienone is 3. The maximum absolute atomic E-state index is 12.8. The second-order valence-electron chi connectivity index (χ2n) is 12.5. The lowest BCUT2D eigenvalue weighted by molar-refractivity contribution is -0.180. The zero-order valence-corrected chi connectivity index (χ0v) is 20.8. The fourth-order valence-electron chi connectivity index (χ4n) is 8.52. The van der Waals surface area contributed by atoms with E-state index in [4.69, 9.17) is 9.47 Å². The maximum Gasteiger partial charge on any atom is 0.346 e. The van der Waals surface area contributed by atoms with Crippen LogP contribution in [0.4, 0.5) is 0 Å². The van der Waals surface area contributed by atoms with Crippen molar-refractivity contribution in [2.24, 2.45) is 33.0 Å². The third kappa shape index (κ3) is 2.74. The number of carbonyl (C=O) groups excluding carboxylic acids is 3. The molecule has 0 spiro atoms. The molecule has 0 N–H and O–H groups in total. The van der Waals surface area contributed by atoms with Crippen molar-refractivity contribution in [2.45, 2.75) is 79.6 Å². The van der Waals surface area contributed by atoms with Crippen LogP contribution < -0.4 is 0 Å². The third-order valence-electron chi connectivity index (χ3n) is 11.0. The molecular formula is C28H36O5. The van der Waals surface area contributed by atoms with Crippen LogP contribution in [-0.2, 0) is 23.9 Å². The Morgan fingerprint density at radius 1 is 0.970 bits per heavy atom. The minimum Gasteiger partial charge on any atom is -0.469 e. The molecule has 0 unspecified atom stereocenters. The fourth-order valence-corrected chi connectivity index (χ4v) is 8.52. The largest absolute Gasteiger partial charge is 0.469 e. The Balaban J connectivity index is 1.62. The third-order valence-corrected chi connectivity index (χ3v) is 11.0. The van der Waals surface area contributed by atoms with E-state index in [-0.39, 0.29) is 27.6 Å². The summed E-state index contributed by atoms with van der Waals surface area (Å²) in [7, 11) is 1.50. The van der Waals surface area contributed by atoms with E-state index in [1.54, 1.807) is 0 Å². The van der Waals surface area contributed by atoms with Gasteiger partial charge in [0.05, 0.1) is 18.1 Å². The van der Waals surface area contributed by atoms with E-state index in [1.807, 2.05) is 6.08 Å². The number of rotatable bonds is 1. The van der Waals surface area contributed by atoms with Crippen molar-refractivity contribution < 1.29 is 23.9 Å². The predicted molar refractivity (Wildman–Crippen MR) is 124 cm³/mol. The first-order valence-corrected chi connectivity index (χ1v) is 12.3. The number of fused-ring (bicyclic) bond motifs is 7. The fraction of sp³-hybridized carbons (Fsp3) is 0.679. The summed E-state index contributed by atoms with van der Waals surface area (Å²) in [6, 6.07) is 0. The number of methoxy groups -OCH3 is 1. The number of hydrogen-bond acceptors (Lipinski definition) is 5. The van der Waals surface area contributed by atoms with Crippen molar-refractivity contribution in [3.05, 3.63) is 34.9 Å². The van der Waals surface area contributed by atoms with Crippen LogP contribution >= 0.6 is 0 Å². The van der Waals surface area contributed by atoms with E-state index in [9.17, 15) is 14.4 Å². The summed E-state index contributed by atoms with van der Waals surface area (Å²) in [5.74, 6) is -0.797. The zero-order valence-electron chi connectivity index (χ0n) is 20.8. The Labute approximate surface area is 196 Å². The Bertz CT molecular complexity index is 1060. The second kappa shape index (κ2) is 6.70. The minimum absolute atomic E-state index is 0.00608. The smallest absolute Gasteiger partial charge is 0.346 e. The first-order chi connectivity index (χ1) is 15.3. The van der Waals surface area contributed by atoms with Crippen LogP contribution in [0, 0.1) is 33.0 Å². The van der Waals surface area contributed by atoms with Crippen molar-refractivity contribution in [3.8, 4) is 0 Å². The molecule has 0 aromatic heterocycles. The molecule has 5 rings (SSSR count). The zero-order chi connectivity index (χ0) is 24.0. The van der Waals surface area contributed by atoms with Gasteiger partial charge in [-0.05, 0) is 85.7 Å². The van der Waals surface area contributed by atoms with Crippen LogP contribution in [0.3, 0.4) is 0 Å². The van der Waals surface area contributed by atoms with Crippen LogP contribution in [0.2, 0.25) is 0 Å². The Hall–Kier alpha value is -2.17. The second-order valence-corrected chi connectivity index (χ2v) is 12.5. The molecule has 3 fully saturated rings. The van der Waals surface area contributed by atoms with Crippen molar-refractivity contribution >= 4 is 17.9 Å². The minimum atomic E-state index is -0.564. The molecule has 1 aliphatic heterocycles. The van der Waals surface area contributed by atoms with E-state index in [0.29, 0.717) is 11.5 Å². The summed E-state index contributed by atoms with van der Waals surface area (Å²) in [5, 5.41) is 0. The van der Waals surface area contributed by atoms with E-state index < -0.39 is 17.4 Å². The summed E-state index contributed by atoms with van der Waals surface area (Å²) < 4.78 is 10.1. The summed E-state index contributed by atoms with van der Waals surface area (Å²) in [6.45, 7) is 11.5. The van der Waals surface area contributed by atoms with Crippen LogP contribution in [-0.4, -0.2) is 25.0 Å². The summed E-state index contributed by atoms with van der Waals surface area (Å²) >= 11 is 0. The first kappa shape index (κ1) is 22.6. The van der Waals surface area contributed by atoms with E-state index >= 15 is 0 Å². The monoisotopic (exact) mass is 452 g/mol. The molecule has 33 heavy (non-hydrogen) atoms. The SMILES string of the molecule is COC(=O)[C@]1(C)CC[C@]2(C)CC[C@]3(C)C4=CC=C5C(=O)OC(=O)C=C5[C@]4(C)CC[C@@]3(C)[C@@H]2C1. The number of cyclic esters (lactones) is 2. The normalized spacial score (nSPS) is 46.4. The molecule has 6 atom stereocenters. The van der Waals surface area contributed by atoms with Crippen molar-refractivity contribution in [1.82, 2.24) is 0 Å². The molecule has 178 valence electrons. The molecule has 0 bridgehead atoms. The molecule has 0 saturated heterocycles. The van der Waals surface area contributed by atoms with Gasteiger partial charge in [0.15, 0.2) is 0 Å². The molecule has 1 heterocycles. The van der Waals surface area contributed by atoms with Crippen LogP contribution in [0.25, 0.3) is 0 Å². The molecule has 0 radical (unpaired) electrons. The Kier molecular flexibility index (Phi) is 4.59. The topological polar surface area (TPSA) is 69.7 Å². The molecule has 5 heteroatoms. The van der Waals surface area contributed by atoms with Crippen LogP contribution in [0.5, 0.6) is 0 Å². The molecule has 3 saturated carbocycles. The van der Waals surface area contributed by atoms with Gasteiger partial charge in [-0.3, -0.25) is 4.79 Å². The number of esters is 3. The van der Waals surface area contributed by atoms with Crippen LogP contribution in [0.15, 0.2) is 34.9 Å². The number of ether oxygens (including phenoxy) is 2. The quantitative estimate of drug-likeness (QED) is 0.391. The van der Waals surface area contributed by atoms with E-state index in [2.05, 4.69) is 40.7 Å². The maximum atomic E-state index is 12.8. The van der Waals surface area contributed by atoms with Gasteiger partial charge < -0.3 is 9.47 Å². The lowest BCUT2D eigenvalue weighted by atomic mass is 9.34. The molecular weight excluding hydrogens is 416 g/mol. The highest BCUT2D eigenvalue weighted by molar-refractivity contribution is 6.08. The standard InChI is InChI=1S/C28H36O5/c1-24-9-10-25(2,23(31)32-6)16-20(24)28(5)14-12-26(3)18-15-21(29)33-22(30)17(18)7-8-19(26)27(28,4)13-11-24/h7-8,15,20H,9-14,16H2,1-6H3/t20-,24-,25-,26+,27-,28+/m1/s1. The lowest BCUT2D eigenvalue weighted by Gasteiger charge is -2.69. The summed E-state index contributed by atoms with van der Waals surface area (Å²) in [4.78, 5) is 37.4. The van der Waals surface area contributed by atoms with Gasteiger partial charge in [0.25, 0.3) is 0 Å². The molecule has 0 aromatic carbocycles. The Morgan fingerprint density at radius 2 is 1.67 bits per heavy atom. The number of hydrogen-bond donors (Lipinski definition) is 0. The van der Waals surface area contributed by atoms with E-state index in [1.165, 1.54) is 18.8 Å². The van der Waals surface area contributed by atoms with Gasteiger partial charge in [-0.15, -0.1) is 0 Å². The highest BCUT2D eigenvalue weighted by atomic mass is 16.6. The molecule has 5 nitrogen and oxygen atoms in total. The van der Waals surface area contributed by atoms with Crippen molar-refractivity contribution in [3.63, 3.8) is 0 Å².